The molecule has 0 heterocycles. The Balaban J connectivity index is 2.69. The molecule has 1 aromatic rings. The number of unbranched alkanes of at least 4 members (excludes halogenated alkanes) is 1. The van der Waals surface area contributed by atoms with E-state index in [1.54, 1.807) is 26.4 Å². The molecule has 0 bridgehead atoms. The first-order valence-electron chi connectivity index (χ1n) is 14.3. The maximum Gasteiger partial charge on any atom is 0.255 e. The molecular formula is C30H53N3O6. The van der Waals surface area contributed by atoms with Gasteiger partial charge in [-0.25, -0.2) is 0 Å². The second kappa shape index (κ2) is 19.8. The number of benzene rings is 1. The van der Waals surface area contributed by atoms with Gasteiger partial charge in [-0.05, 0) is 62.0 Å². The third kappa shape index (κ3) is 13.6. The maximum absolute atomic E-state index is 13.0. The number of nitrogens with one attached hydrogen (secondary N) is 2. The van der Waals surface area contributed by atoms with Crippen LogP contribution in [0.5, 0.6) is 5.75 Å². The van der Waals surface area contributed by atoms with Gasteiger partial charge in [-0.2, -0.15) is 0 Å². The third-order valence-corrected chi connectivity index (χ3v) is 7.13. The van der Waals surface area contributed by atoms with Crippen molar-refractivity contribution in [1.29, 1.82) is 0 Å². The summed E-state index contributed by atoms with van der Waals surface area (Å²) in [6, 6.07) is 6.71. The average molecular weight is 552 g/mol. The van der Waals surface area contributed by atoms with Gasteiger partial charge in [-0.3, -0.25) is 9.59 Å². The molecule has 224 valence electrons. The fourth-order valence-corrected chi connectivity index (χ4v) is 4.40. The topological polar surface area (TPSA) is 132 Å². The van der Waals surface area contributed by atoms with Crippen molar-refractivity contribution < 1.29 is 28.9 Å². The molecule has 1 aromatic carbocycles. The zero-order chi connectivity index (χ0) is 29.2. The number of nitrogens with two attached hydrogens (primary N) is 1. The summed E-state index contributed by atoms with van der Waals surface area (Å²) in [6.45, 7) is 10.9. The Labute approximate surface area is 235 Å². The van der Waals surface area contributed by atoms with Gasteiger partial charge in [-0.15, -0.1) is 0 Å². The smallest absolute Gasteiger partial charge is 0.255 e. The average Bonchev–Trinajstić information content (AvgIpc) is 2.91. The lowest BCUT2D eigenvalue weighted by molar-refractivity contribution is -0.127. The van der Waals surface area contributed by atoms with Gasteiger partial charge in [0.15, 0.2) is 0 Å². The van der Waals surface area contributed by atoms with Crippen LogP contribution in [0.2, 0.25) is 0 Å². The summed E-state index contributed by atoms with van der Waals surface area (Å²) in [5.41, 5.74) is 6.93. The first kappa shape index (κ1) is 34.8. The quantitative estimate of drug-likeness (QED) is 0.172. The van der Waals surface area contributed by atoms with E-state index in [0.29, 0.717) is 57.1 Å². The second-order valence-corrected chi connectivity index (χ2v) is 10.9. The molecule has 9 nitrogen and oxygen atoms in total. The van der Waals surface area contributed by atoms with Crippen LogP contribution >= 0.6 is 0 Å². The molecule has 0 saturated carbocycles. The zero-order valence-corrected chi connectivity index (χ0v) is 24.9. The van der Waals surface area contributed by atoms with Gasteiger partial charge in [0.2, 0.25) is 5.91 Å². The van der Waals surface area contributed by atoms with Crippen LogP contribution in [0.1, 0.15) is 70.2 Å². The Kier molecular flexibility index (Phi) is 17.7. The Bertz CT molecular complexity index is 820. The van der Waals surface area contributed by atoms with E-state index in [1.807, 2.05) is 26.0 Å². The summed E-state index contributed by atoms with van der Waals surface area (Å²) < 4.78 is 16.0. The third-order valence-electron chi connectivity index (χ3n) is 7.13. The number of carbonyl (C=O) groups is 2. The second-order valence-electron chi connectivity index (χ2n) is 10.9. The van der Waals surface area contributed by atoms with Crippen molar-refractivity contribution in [3.05, 3.63) is 29.8 Å². The van der Waals surface area contributed by atoms with Crippen molar-refractivity contribution in [1.82, 2.24) is 10.6 Å². The molecule has 4 atom stereocenters. The minimum absolute atomic E-state index is 0.0566. The van der Waals surface area contributed by atoms with Crippen molar-refractivity contribution in [3.63, 3.8) is 0 Å². The van der Waals surface area contributed by atoms with Crippen molar-refractivity contribution in [2.24, 2.45) is 29.4 Å². The van der Waals surface area contributed by atoms with E-state index in [2.05, 4.69) is 24.5 Å². The Morgan fingerprint density at radius 2 is 1.54 bits per heavy atom. The highest BCUT2D eigenvalue weighted by atomic mass is 16.5. The van der Waals surface area contributed by atoms with Gasteiger partial charge in [-0.1, -0.05) is 39.8 Å². The fraction of sp³-hybridized carbons (Fsp3) is 0.733. The summed E-state index contributed by atoms with van der Waals surface area (Å²) in [5.74, 6) is 0.308. The van der Waals surface area contributed by atoms with Crippen LogP contribution in [-0.2, 0) is 14.3 Å². The van der Waals surface area contributed by atoms with Crippen molar-refractivity contribution in [2.45, 2.75) is 71.9 Å². The molecule has 9 heteroatoms. The number of methoxy groups -OCH3 is 2. The molecule has 0 aliphatic carbocycles. The highest BCUT2D eigenvalue weighted by Gasteiger charge is 2.29. The number of rotatable bonds is 21. The molecule has 0 aromatic heterocycles. The van der Waals surface area contributed by atoms with Crippen molar-refractivity contribution in [3.8, 4) is 5.75 Å². The molecule has 0 unspecified atom stereocenters. The fourth-order valence-electron chi connectivity index (χ4n) is 4.40. The maximum atomic E-state index is 13.0. The van der Waals surface area contributed by atoms with Crippen molar-refractivity contribution >= 4 is 11.8 Å². The number of hydrogen-bond acceptors (Lipinski definition) is 7. The molecule has 0 fully saturated rings. The largest absolute Gasteiger partial charge is 0.493 e. The Hall–Kier alpha value is -2.20. The molecule has 1 rings (SSSR count). The normalized spacial score (nSPS) is 14.6. The predicted octanol–water partition coefficient (Wildman–Crippen LogP) is 3.39. The summed E-state index contributed by atoms with van der Waals surface area (Å²) >= 11 is 0. The van der Waals surface area contributed by atoms with Gasteiger partial charge in [0, 0.05) is 52.5 Å². The van der Waals surface area contributed by atoms with Crippen LogP contribution < -0.4 is 21.1 Å². The highest BCUT2D eigenvalue weighted by molar-refractivity contribution is 5.96. The molecule has 0 aliphatic heterocycles. The number of para-hydroxylation sites is 1. The number of hydrogen-bond donors (Lipinski definition) is 4. The van der Waals surface area contributed by atoms with E-state index < -0.39 is 12.1 Å². The van der Waals surface area contributed by atoms with Crippen LogP contribution in [-0.4, -0.2) is 76.2 Å². The molecule has 0 spiro atoms. The van der Waals surface area contributed by atoms with Crippen LogP contribution in [0.3, 0.4) is 0 Å². The molecule has 0 saturated heterocycles. The van der Waals surface area contributed by atoms with E-state index in [1.165, 1.54) is 0 Å². The lowest BCUT2D eigenvalue weighted by Crippen LogP contribution is -2.44. The van der Waals surface area contributed by atoms with E-state index in [0.717, 1.165) is 19.3 Å². The van der Waals surface area contributed by atoms with Gasteiger partial charge in [0.05, 0.1) is 18.3 Å². The number of carbonyl (C=O) groups excluding carboxylic acids is 2. The minimum Gasteiger partial charge on any atom is -0.493 e. The first-order chi connectivity index (χ1) is 18.6. The molecular weight excluding hydrogens is 498 g/mol. The number of aliphatic hydroxyl groups is 1. The SMILES string of the molecule is COCCCCOc1ccccc1C(=O)NC[C@@H](C[C@H](N)[C@@H](O)C[C@H](C(=O)NCCCOC)C(C)C)C(C)C. The zero-order valence-electron chi connectivity index (χ0n) is 24.9. The number of amides is 2. The van der Waals surface area contributed by atoms with Crippen molar-refractivity contribution in [2.75, 3.05) is 47.1 Å². The Morgan fingerprint density at radius 3 is 2.18 bits per heavy atom. The minimum atomic E-state index is -0.827. The van der Waals surface area contributed by atoms with E-state index in [9.17, 15) is 14.7 Å². The summed E-state index contributed by atoms with van der Waals surface area (Å²) in [4.78, 5) is 25.7. The molecule has 39 heavy (non-hydrogen) atoms. The van der Waals surface area contributed by atoms with E-state index in [-0.39, 0.29) is 35.5 Å². The lowest BCUT2D eigenvalue weighted by atomic mass is 9.83. The van der Waals surface area contributed by atoms with Gasteiger partial charge in [0.25, 0.3) is 5.91 Å². The van der Waals surface area contributed by atoms with E-state index >= 15 is 0 Å². The molecule has 0 aliphatic rings. The monoisotopic (exact) mass is 551 g/mol. The van der Waals surface area contributed by atoms with E-state index in [4.69, 9.17) is 19.9 Å². The molecule has 5 N–H and O–H groups in total. The van der Waals surface area contributed by atoms with Crippen LogP contribution in [0, 0.1) is 23.7 Å². The standard InChI is InChI=1S/C30H53N3O6/c1-21(2)23(18-26(31)27(34)19-25(22(3)4)30(36)32-14-11-16-38-6)20-33-29(35)24-12-7-8-13-28(24)39-17-10-9-15-37-5/h7-8,12-13,21-23,25-27,34H,9-11,14-20,31H2,1-6H3,(H,32,36)(H,33,35)/t23-,25+,26+,27+/m1/s1. The number of ether oxygens (including phenoxy) is 3. The van der Waals surface area contributed by atoms with Gasteiger partial charge >= 0.3 is 0 Å². The summed E-state index contributed by atoms with van der Waals surface area (Å²) in [7, 11) is 3.30. The summed E-state index contributed by atoms with van der Waals surface area (Å²) in [6.07, 6.45) is 2.46. The molecule has 2 amide bonds. The lowest BCUT2D eigenvalue weighted by Gasteiger charge is -2.30. The highest BCUT2D eigenvalue weighted by Crippen LogP contribution is 2.24. The van der Waals surface area contributed by atoms with Crippen LogP contribution in [0.4, 0.5) is 0 Å². The number of aliphatic hydroxyl groups excluding tert-OH is 1. The van der Waals surface area contributed by atoms with Crippen LogP contribution in [0.15, 0.2) is 24.3 Å². The van der Waals surface area contributed by atoms with Gasteiger partial charge < -0.3 is 35.7 Å². The van der Waals surface area contributed by atoms with Gasteiger partial charge in [0.1, 0.15) is 5.75 Å². The van der Waals surface area contributed by atoms with Crippen LogP contribution in [0.25, 0.3) is 0 Å². The summed E-state index contributed by atoms with van der Waals surface area (Å²) in [5, 5.41) is 16.9. The molecule has 0 radical (unpaired) electrons. The predicted molar refractivity (Wildman–Crippen MR) is 155 cm³/mol. The Morgan fingerprint density at radius 1 is 0.897 bits per heavy atom. The first-order valence-corrected chi connectivity index (χ1v) is 14.3.